The number of benzene rings is 1. The third kappa shape index (κ3) is 2.85. The van der Waals surface area contributed by atoms with Gasteiger partial charge >= 0.3 is 5.97 Å². The van der Waals surface area contributed by atoms with Crippen molar-refractivity contribution in [1.29, 1.82) is 0 Å². The zero-order chi connectivity index (χ0) is 13.8. The second-order valence-electron chi connectivity index (χ2n) is 4.08. The minimum Gasteiger partial charge on any atom is -0.496 e. The van der Waals surface area contributed by atoms with E-state index >= 15 is 0 Å². The molecule has 0 amide bonds. The van der Waals surface area contributed by atoms with Crippen LogP contribution in [0.3, 0.4) is 0 Å². The van der Waals surface area contributed by atoms with Gasteiger partial charge in [0.2, 0.25) is 0 Å². The van der Waals surface area contributed by atoms with Gasteiger partial charge in [-0.05, 0) is 37.3 Å². The molecule has 0 atom stereocenters. The molecule has 0 bridgehead atoms. The Labute approximate surface area is 110 Å². The highest BCUT2D eigenvalue weighted by molar-refractivity contribution is 6.21. The molecule has 1 N–H and O–H groups in total. The largest absolute Gasteiger partial charge is 0.496 e. The van der Waals surface area contributed by atoms with Gasteiger partial charge in [-0.1, -0.05) is 11.6 Å². The van der Waals surface area contributed by atoms with Crippen molar-refractivity contribution < 1.29 is 19.1 Å². The van der Waals surface area contributed by atoms with Gasteiger partial charge in [-0.2, -0.15) is 0 Å². The van der Waals surface area contributed by atoms with Crippen molar-refractivity contribution in [2.75, 3.05) is 7.11 Å². The lowest BCUT2D eigenvalue weighted by Crippen LogP contribution is -2.02. The molecule has 1 aromatic heterocycles. The number of methoxy groups -OCH3 is 1. The van der Waals surface area contributed by atoms with Crippen LogP contribution in [0.1, 0.15) is 16.9 Å². The summed E-state index contributed by atoms with van der Waals surface area (Å²) in [6.45, 7) is 1.90. The summed E-state index contributed by atoms with van der Waals surface area (Å²) in [6, 6.07) is 8.81. The molecular formula is C15H14O4. The van der Waals surface area contributed by atoms with Crippen molar-refractivity contribution in [1.82, 2.24) is 0 Å². The van der Waals surface area contributed by atoms with Crippen molar-refractivity contribution in [2.45, 2.75) is 6.92 Å². The maximum atomic E-state index is 11.4. The first-order valence-electron chi connectivity index (χ1n) is 5.75. The van der Waals surface area contributed by atoms with E-state index in [1.54, 1.807) is 24.3 Å². The maximum absolute atomic E-state index is 11.4. The van der Waals surface area contributed by atoms with Crippen LogP contribution < -0.4 is 4.74 Å². The summed E-state index contributed by atoms with van der Waals surface area (Å²) in [4.78, 5) is 11.4. The van der Waals surface area contributed by atoms with Crippen molar-refractivity contribution in [3.05, 3.63) is 53.5 Å². The second kappa shape index (κ2) is 5.44. The van der Waals surface area contributed by atoms with Gasteiger partial charge in [0.25, 0.3) is 0 Å². The zero-order valence-corrected chi connectivity index (χ0v) is 10.7. The standard InChI is InChI=1S/C15H14O4/c1-10-5-6-14(18-2)12(8-10)13(15(16)17)9-11-4-3-7-19-11/h3-9H,1-2H3,(H,16,17)/b13-9-. The van der Waals surface area contributed by atoms with Crippen LogP contribution in [0.25, 0.3) is 11.6 Å². The molecule has 0 radical (unpaired) electrons. The third-order valence-corrected chi connectivity index (χ3v) is 2.71. The van der Waals surface area contributed by atoms with E-state index in [9.17, 15) is 9.90 Å². The Balaban J connectivity index is 2.57. The lowest BCUT2D eigenvalue weighted by atomic mass is 10.0. The predicted octanol–water partition coefficient (Wildman–Crippen LogP) is 3.22. The first-order chi connectivity index (χ1) is 9.11. The Hall–Kier alpha value is -2.49. The fourth-order valence-corrected chi connectivity index (χ4v) is 1.80. The quantitative estimate of drug-likeness (QED) is 0.855. The highest BCUT2D eigenvalue weighted by atomic mass is 16.5. The SMILES string of the molecule is COc1ccc(C)cc1/C(=C/c1ccco1)C(=O)O. The van der Waals surface area contributed by atoms with Crippen LogP contribution in [0.5, 0.6) is 5.75 Å². The molecule has 0 unspecified atom stereocenters. The molecule has 1 heterocycles. The van der Waals surface area contributed by atoms with Gasteiger partial charge < -0.3 is 14.3 Å². The van der Waals surface area contributed by atoms with Gasteiger partial charge in [0.1, 0.15) is 11.5 Å². The molecule has 19 heavy (non-hydrogen) atoms. The van der Waals surface area contributed by atoms with E-state index in [1.807, 2.05) is 13.0 Å². The normalized spacial score (nSPS) is 11.4. The topological polar surface area (TPSA) is 59.7 Å². The number of carboxylic acid groups (broad SMARTS) is 1. The van der Waals surface area contributed by atoms with E-state index in [2.05, 4.69) is 0 Å². The molecule has 0 saturated carbocycles. The van der Waals surface area contributed by atoms with E-state index in [1.165, 1.54) is 19.4 Å². The highest BCUT2D eigenvalue weighted by Crippen LogP contribution is 2.29. The molecule has 0 spiro atoms. The third-order valence-electron chi connectivity index (χ3n) is 2.71. The summed E-state index contributed by atoms with van der Waals surface area (Å²) < 4.78 is 10.4. The molecule has 2 aromatic rings. The first kappa shape index (κ1) is 13.0. The molecule has 0 saturated heterocycles. The Morgan fingerprint density at radius 2 is 2.16 bits per heavy atom. The van der Waals surface area contributed by atoms with E-state index in [-0.39, 0.29) is 5.57 Å². The molecule has 4 nitrogen and oxygen atoms in total. The monoisotopic (exact) mass is 258 g/mol. The molecule has 2 rings (SSSR count). The van der Waals surface area contributed by atoms with Crippen LogP contribution in [-0.2, 0) is 4.79 Å². The number of ether oxygens (including phenoxy) is 1. The molecule has 0 aliphatic heterocycles. The van der Waals surface area contributed by atoms with Gasteiger partial charge in [0, 0.05) is 5.56 Å². The predicted molar refractivity (Wildman–Crippen MR) is 71.9 cm³/mol. The average Bonchev–Trinajstić information content (AvgIpc) is 2.88. The number of furan rings is 1. The van der Waals surface area contributed by atoms with E-state index < -0.39 is 5.97 Å². The lowest BCUT2D eigenvalue weighted by molar-refractivity contribution is -0.130. The lowest BCUT2D eigenvalue weighted by Gasteiger charge is -2.10. The van der Waals surface area contributed by atoms with Crippen LogP contribution in [-0.4, -0.2) is 18.2 Å². The van der Waals surface area contributed by atoms with Crippen molar-refractivity contribution >= 4 is 17.6 Å². The fraction of sp³-hybridized carbons (Fsp3) is 0.133. The Bertz CT molecular complexity index is 609. The Morgan fingerprint density at radius 1 is 1.37 bits per heavy atom. The minimum atomic E-state index is -1.03. The molecule has 98 valence electrons. The molecule has 0 aliphatic rings. The highest BCUT2D eigenvalue weighted by Gasteiger charge is 2.16. The summed E-state index contributed by atoms with van der Waals surface area (Å²) in [5.41, 5.74) is 1.63. The van der Waals surface area contributed by atoms with Gasteiger partial charge in [0.15, 0.2) is 0 Å². The number of hydrogen-bond acceptors (Lipinski definition) is 3. The number of hydrogen-bond donors (Lipinski definition) is 1. The minimum absolute atomic E-state index is 0.135. The zero-order valence-electron chi connectivity index (χ0n) is 10.7. The summed E-state index contributed by atoms with van der Waals surface area (Å²) in [6.07, 6.45) is 2.98. The summed E-state index contributed by atoms with van der Waals surface area (Å²) in [5, 5.41) is 9.37. The summed E-state index contributed by atoms with van der Waals surface area (Å²) in [7, 11) is 1.51. The van der Waals surface area contributed by atoms with Crippen molar-refractivity contribution in [3.8, 4) is 5.75 Å². The maximum Gasteiger partial charge on any atom is 0.336 e. The van der Waals surface area contributed by atoms with Crippen LogP contribution in [0.15, 0.2) is 41.0 Å². The van der Waals surface area contributed by atoms with E-state index in [0.29, 0.717) is 17.1 Å². The number of carboxylic acids is 1. The van der Waals surface area contributed by atoms with Crippen molar-refractivity contribution in [2.24, 2.45) is 0 Å². The van der Waals surface area contributed by atoms with Gasteiger partial charge in [-0.3, -0.25) is 0 Å². The number of aryl methyl sites for hydroxylation is 1. The first-order valence-corrected chi connectivity index (χ1v) is 5.75. The summed E-state index contributed by atoms with van der Waals surface area (Å²) >= 11 is 0. The average molecular weight is 258 g/mol. The van der Waals surface area contributed by atoms with Crippen molar-refractivity contribution in [3.63, 3.8) is 0 Å². The molecule has 0 fully saturated rings. The van der Waals surface area contributed by atoms with Crippen LogP contribution in [0.2, 0.25) is 0 Å². The van der Waals surface area contributed by atoms with E-state index in [4.69, 9.17) is 9.15 Å². The molecule has 0 aliphatic carbocycles. The summed E-state index contributed by atoms with van der Waals surface area (Å²) in [5.74, 6) is -0.0212. The van der Waals surface area contributed by atoms with Gasteiger partial charge in [0.05, 0.1) is 18.9 Å². The number of carbonyl (C=O) groups is 1. The smallest absolute Gasteiger partial charge is 0.336 e. The Kier molecular flexibility index (Phi) is 3.71. The molecule has 1 aromatic carbocycles. The Morgan fingerprint density at radius 3 is 2.74 bits per heavy atom. The van der Waals surface area contributed by atoms with Gasteiger partial charge in [-0.25, -0.2) is 4.79 Å². The molecule has 4 heteroatoms. The van der Waals surface area contributed by atoms with Crippen LogP contribution in [0, 0.1) is 6.92 Å². The number of aliphatic carboxylic acids is 1. The van der Waals surface area contributed by atoms with Gasteiger partial charge in [-0.15, -0.1) is 0 Å². The van der Waals surface area contributed by atoms with Crippen LogP contribution >= 0.6 is 0 Å². The second-order valence-corrected chi connectivity index (χ2v) is 4.08. The number of rotatable bonds is 4. The molecular weight excluding hydrogens is 244 g/mol. The fourth-order valence-electron chi connectivity index (χ4n) is 1.80. The van der Waals surface area contributed by atoms with E-state index in [0.717, 1.165) is 5.56 Å². The van der Waals surface area contributed by atoms with Crippen LogP contribution in [0.4, 0.5) is 0 Å².